The van der Waals surface area contributed by atoms with Gasteiger partial charge in [-0.3, -0.25) is 14.3 Å². The number of sulfone groups is 1. The minimum Gasteiger partial charge on any atom is -0.326 e. The van der Waals surface area contributed by atoms with Gasteiger partial charge in [0.1, 0.15) is 0 Å². The van der Waals surface area contributed by atoms with E-state index in [9.17, 15) is 18.0 Å². The molecule has 0 spiro atoms. The van der Waals surface area contributed by atoms with Gasteiger partial charge in [-0.1, -0.05) is 12.1 Å². The maximum absolute atomic E-state index is 12.5. The van der Waals surface area contributed by atoms with Crippen molar-refractivity contribution in [1.82, 2.24) is 9.78 Å². The third-order valence-electron chi connectivity index (χ3n) is 4.92. The van der Waals surface area contributed by atoms with Crippen molar-refractivity contribution in [1.29, 1.82) is 0 Å². The highest BCUT2D eigenvalue weighted by Crippen LogP contribution is 2.27. The van der Waals surface area contributed by atoms with E-state index in [0.717, 1.165) is 17.0 Å². The topological polar surface area (TPSA) is 98.1 Å². The second-order valence-electron chi connectivity index (χ2n) is 7.01. The lowest BCUT2D eigenvalue weighted by Gasteiger charge is -2.11. The van der Waals surface area contributed by atoms with Gasteiger partial charge in [0.25, 0.3) is 0 Å². The van der Waals surface area contributed by atoms with E-state index in [2.05, 4.69) is 10.4 Å². The summed E-state index contributed by atoms with van der Waals surface area (Å²) in [5, 5.41) is 7.29. The molecule has 2 heterocycles. The Morgan fingerprint density at radius 3 is 2.67 bits per heavy atom. The summed E-state index contributed by atoms with van der Waals surface area (Å²) in [4.78, 5) is 23.9. The van der Waals surface area contributed by atoms with Crippen molar-refractivity contribution in [2.24, 2.45) is 0 Å². The van der Waals surface area contributed by atoms with E-state index in [1.165, 1.54) is 6.92 Å². The average Bonchev–Trinajstić information content (AvgIpc) is 3.08. The fraction of sp³-hybridized carbons (Fsp3) is 0.421. The van der Waals surface area contributed by atoms with Crippen LogP contribution in [0, 0.1) is 13.8 Å². The van der Waals surface area contributed by atoms with E-state index in [-0.39, 0.29) is 35.7 Å². The number of anilines is 1. The van der Waals surface area contributed by atoms with Gasteiger partial charge < -0.3 is 5.32 Å². The van der Waals surface area contributed by atoms with E-state index in [1.54, 1.807) is 28.9 Å². The first-order valence-corrected chi connectivity index (χ1v) is 10.6. The lowest BCUT2D eigenvalue weighted by Crippen LogP contribution is -2.17. The number of carbonyl (C=O) groups excluding carboxylic acids is 2. The molecule has 7 nitrogen and oxygen atoms in total. The average molecular weight is 389 g/mol. The molecule has 3 rings (SSSR count). The minimum atomic E-state index is -3.01. The maximum Gasteiger partial charge on any atom is 0.228 e. The molecule has 1 aliphatic heterocycles. The monoisotopic (exact) mass is 389 g/mol. The molecule has 1 fully saturated rings. The number of hydrogen-bond acceptors (Lipinski definition) is 5. The second-order valence-corrected chi connectivity index (χ2v) is 9.24. The molecule has 144 valence electrons. The smallest absolute Gasteiger partial charge is 0.228 e. The number of aryl methyl sites for hydroxylation is 1. The molecule has 1 aromatic heterocycles. The largest absolute Gasteiger partial charge is 0.326 e. The lowest BCUT2D eigenvalue weighted by molar-refractivity contribution is -0.115. The van der Waals surface area contributed by atoms with Gasteiger partial charge in [-0.25, -0.2) is 8.42 Å². The Hall–Kier alpha value is -2.48. The Morgan fingerprint density at radius 1 is 1.30 bits per heavy atom. The molecule has 2 aromatic rings. The zero-order chi connectivity index (χ0) is 19.8. The summed E-state index contributed by atoms with van der Waals surface area (Å²) >= 11 is 0. The van der Waals surface area contributed by atoms with Crippen LogP contribution in [0.25, 0.3) is 0 Å². The molecular formula is C19H23N3O4S. The van der Waals surface area contributed by atoms with E-state index in [4.69, 9.17) is 0 Å². The zero-order valence-electron chi connectivity index (χ0n) is 15.7. The van der Waals surface area contributed by atoms with Crippen LogP contribution in [0.5, 0.6) is 0 Å². The molecule has 8 heteroatoms. The Labute approximate surface area is 158 Å². The van der Waals surface area contributed by atoms with Crippen LogP contribution >= 0.6 is 0 Å². The molecular weight excluding hydrogens is 366 g/mol. The summed E-state index contributed by atoms with van der Waals surface area (Å²) in [6.07, 6.45) is 0.690. The van der Waals surface area contributed by atoms with E-state index < -0.39 is 9.84 Å². The summed E-state index contributed by atoms with van der Waals surface area (Å²) in [5.41, 5.74) is 3.46. The predicted molar refractivity (Wildman–Crippen MR) is 103 cm³/mol. The number of rotatable bonds is 5. The molecule has 1 atom stereocenters. The van der Waals surface area contributed by atoms with Gasteiger partial charge in [0, 0.05) is 22.5 Å². The van der Waals surface area contributed by atoms with Gasteiger partial charge in [-0.2, -0.15) is 5.10 Å². The predicted octanol–water partition coefficient (Wildman–Crippen LogP) is 2.24. The van der Waals surface area contributed by atoms with Crippen molar-refractivity contribution in [2.75, 3.05) is 16.8 Å². The molecule has 1 aromatic carbocycles. The van der Waals surface area contributed by atoms with E-state index in [1.807, 2.05) is 13.8 Å². The normalized spacial score (nSPS) is 18.4. The first kappa shape index (κ1) is 19.3. The molecule has 0 radical (unpaired) electrons. The van der Waals surface area contributed by atoms with E-state index in [0.29, 0.717) is 17.7 Å². The SMILES string of the molecule is CC(=O)c1cccc(NC(=O)Cc2c(C)nn(C3CCS(=O)(=O)C3)c2C)c1. The number of aromatic nitrogens is 2. The minimum absolute atomic E-state index is 0.0643. The molecule has 0 aliphatic carbocycles. The Morgan fingerprint density at radius 2 is 2.04 bits per heavy atom. The number of nitrogens with one attached hydrogen (secondary N) is 1. The van der Waals surface area contributed by atoms with Gasteiger partial charge in [0.2, 0.25) is 5.91 Å². The molecule has 1 N–H and O–H groups in total. The van der Waals surface area contributed by atoms with Gasteiger partial charge >= 0.3 is 0 Å². The lowest BCUT2D eigenvalue weighted by atomic mass is 10.1. The van der Waals surface area contributed by atoms with Gasteiger partial charge in [-0.15, -0.1) is 0 Å². The first-order chi connectivity index (χ1) is 12.7. The van der Waals surface area contributed by atoms with Crippen LogP contribution in [0.3, 0.4) is 0 Å². The van der Waals surface area contributed by atoms with Crippen molar-refractivity contribution in [2.45, 2.75) is 39.7 Å². The second kappa shape index (κ2) is 7.26. The van der Waals surface area contributed by atoms with Crippen molar-refractivity contribution in [3.05, 3.63) is 46.8 Å². The van der Waals surface area contributed by atoms with Crippen molar-refractivity contribution >= 4 is 27.2 Å². The zero-order valence-corrected chi connectivity index (χ0v) is 16.5. The highest BCUT2D eigenvalue weighted by molar-refractivity contribution is 7.91. The molecule has 1 unspecified atom stereocenters. The van der Waals surface area contributed by atoms with Gasteiger partial charge in [0.15, 0.2) is 15.6 Å². The van der Waals surface area contributed by atoms with Crippen LogP contribution in [0.2, 0.25) is 0 Å². The van der Waals surface area contributed by atoms with Crippen LogP contribution in [0.15, 0.2) is 24.3 Å². The highest BCUT2D eigenvalue weighted by atomic mass is 32.2. The molecule has 1 aliphatic rings. The van der Waals surface area contributed by atoms with Gasteiger partial charge in [0.05, 0.1) is 29.7 Å². The fourth-order valence-electron chi connectivity index (χ4n) is 3.46. The van der Waals surface area contributed by atoms with Crippen molar-refractivity contribution in [3.8, 4) is 0 Å². The number of hydrogen-bond donors (Lipinski definition) is 1. The number of ketones is 1. The Bertz CT molecular complexity index is 1010. The molecule has 0 saturated carbocycles. The first-order valence-electron chi connectivity index (χ1n) is 8.82. The van der Waals surface area contributed by atoms with Crippen LogP contribution in [-0.4, -0.2) is 41.4 Å². The highest BCUT2D eigenvalue weighted by Gasteiger charge is 2.31. The number of amides is 1. The standard InChI is InChI=1S/C19H23N3O4S/c1-12-18(13(2)22(21-12)17-7-8-27(25,26)11-17)10-19(24)20-16-6-4-5-15(9-16)14(3)23/h4-6,9,17H,7-8,10-11H2,1-3H3,(H,20,24). The molecule has 0 bridgehead atoms. The third kappa shape index (κ3) is 4.27. The van der Waals surface area contributed by atoms with Crippen LogP contribution < -0.4 is 5.32 Å². The quantitative estimate of drug-likeness (QED) is 0.791. The molecule has 1 saturated heterocycles. The molecule has 27 heavy (non-hydrogen) atoms. The van der Waals surface area contributed by atoms with Crippen LogP contribution in [0.4, 0.5) is 5.69 Å². The fourth-order valence-corrected chi connectivity index (χ4v) is 5.15. The summed E-state index contributed by atoms with van der Waals surface area (Å²) in [6.45, 7) is 5.17. The third-order valence-corrected chi connectivity index (χ3v) is 6.67. The van der Waals surface area contributed by atoms with Crippen molar-refractivity contribution in [3.63, 3.8) is 0 Å². The number of benzene rings is 1. The number of Topliss-reactive ketones (excluding diaryl/α,β-unsaturated/α-hetero) is 1. The summed E-state index contributed by atoms with van der Waals surface area (Å²) in [7, 11) is -3.01. The Balaban J connectivity index is 1.75. The summed E-state index contributed by atoms with van der Waals surface area (Å²) in [6, 6.07) is 6.63. The van der Waals surface area contributed by atoms with Crippen molar-refractivity contribution < 1.29 is 18.0 Å². The van der Waals surface area contributed by atoms with Crippen LogP contribution in [0.1, 0.15) is 46.7 Å². The van der Waals surface area contributed by atoms with Gasteiger partial charge in [-0.05, 0) is 39.3 Å². The van der Waals surface area contributed by atoms with Crippen LogP contribution in [-0.2, 0) is 21.1 Å². The Kier molecular flexibility index (Phi) is 5.19. The summed E-state index contributed by atoms with van der Waals surface area (Å²) in [5.74, 6) is 0.00241. The number of nitrogens with zero attached hydrogens (tertiary/aromatic N) is 2. The maximum atomic E-state index is 12.5. The number of carbonyl (C=O) groups is 2. The molecule has 1 amide bonds. The summed E-state index contributed by atoms with van der Waals surface area (Å²) < 4.78 is 25.2. The van der Waals surface area contributed by atoms with E-state index >= 15 is 0 Å².